The lowest BCUT2D eigenvalue weighted by atomic mass is 10.1. The fraction of sp³-hybridized carbons (Fsp3) is 0.462. The van der Waals surface area contributed by atoms with Gasteiger partial charge in [0.1, 0.15) is 0 Å². The van der Waals surface area contributed by atoms with E-state index in [4.69, 9.17) is 0 Å². The van der Waals surface area contributed by atoms with Gasteiger partial charge in [0.25, 0.3) is 0 Å². The van der Waals surface area contributed by atoms with Crippen LogP contribution in [0.2, 0.25) is 0 Å². The molecule has 7 heteroatoms. The highest BCUT2D eigenvalue weighted by Crippen LogP contribution is 2.14. The average molecular weight is 319 g/mol. The van der Waals surface area contributed by atoms with Gasteiger partial charge in [0.05, 0.1) is 4.90 Å². The predicted molar refractivity (Wildman–Crippen MR) is 79.9 cm³/mol. The van der Waals surface area contributed by atoms with E-state index in [0.717, 1.165) is 19.4 Å². The molecule has 0 spiro atoms. The largest absolute Gasteiger partial charge is 0.315 e. The second-order valence-electron chi connectivity index (χ2n) is 4.75. The van der Waals surface area contributed by atoms with Gasteiger partial charge in [-0.2, -0.15) is 0 Å². The number of ketones is 1. The van der Waals surface area contributed by atoms with Crippen molar-refractivity contribution in [2.45, 2.75) is 30.7 Å². The molecule has 0 unspecified atom stereocenters. The maximum atomic E-state index is 12.2. The molecule has 0 amide bonds. The monoisotopic (exact) mass is 318 g/mol. The van der Waals surface area contributed by atoms with Gasteiger partial charge in [-0.25, -0.2) is 13.1 Å². The zero-order valence-electron chi connectivity index (χ0n) is 11.3. The number of carbonyl (C=O) groups is 1. The second kappa shape index (κ2) is 7.17. The number of rotatable bonds is 4. The standard InChI is InChI=1S/C13H18N2O3S.ClH/c1-10(16)11-4-2-6-13(8-11)19(17,18)15-12-5-3-7-14-9-12;/h2,4,6,8,12,14-15H,3,5,7,9H2,1H3;1H/t12-;/m1./s1. The summed E-state index contributed by atoms with van der Waals surface area (Å²) in [4.78, 5) is 11.4. The van der Waals surface area contributed by atoms with Crippen molar-refractivity contribution in [3.8, 4) is 0 Å². The van der Waals surface area contributed by atoms with Crippen molar-refractivity contribution < 1.29 is 13.2 Å². The van der Waals surface area contributed by atoms with E-state index >= 15 is 0 Å². The molecular formula is C13H19ClN2O3S. The maximum Gasteiger partial charge on any atom is 0.240 e. The van der Waals surface area contributed by atoms with Gasteiger partial charge < -0.3 is 5.32 Å². The maximum absolute atomic E-state index is 12.2. The van der Waals surface area contributed by atoms with Crippen LogP contribution in [0, 0.1) is 0 Å². The molecule has 1 fully saturated rings. The third-order valence-electron chi connectivity index (χ3n) is 3.17. The number of carbonyl (C=O) groups excluding carboxylic acids is 1. The summed E-state index contributed by atoms with van der Waals surface area (Å²) in [5.41, 5.74) is 0.407. The van der Waals surface area contributed by atoms with E-state index in [9.17, 15) is 13.2 Å². The van der Waals surface area contributed by atoms with E-state index in [1.807, 2.05) is 0 Å². The minimum absolute atomic E-state index is 0. The quantitative estimate of drug-likeness (QED) is 0.822. The van der Waals surface area contributed by atoms with Gasteiger partial charge in [0.2, 0.25) is 10.0 Å². The van der Waals surface area contributed by atoms with Crippen molar-refractivity contribution in [1.29, 1.82) is 0 Å². The second-order valence-corrected chi connectivity index (χ2v) is 6.46. The van der Waals surface area contributed by atoms with Crippen LogP contribution in [0.4, 0.5) is 0 Å². The fourth-order valence-corrected chi connectivity index (χ4v) is 3.44. The van der Waals surface area contributed by atoms with Crippen molar-refractivity contribution in [2.75, 3.05) is 13.1 Å². The zero-order valence-corrected chi connectivity index (χ0v) is 12.9. The first-order valence-corrected chi connectivity index (χ1v) is 7.81. The number of halogens is 1. The number of nitrogens with one attached hydrogen (secondary N) is 2. The Morgan fingerprint density at radius 2 is 2.15 bits per heavy atom. The lowest BCUT2D eigenvalue weighted by Crippen LogP contribution is -2.45. The molecule has 0 aliphatic carbocycles. The molecule has 0 saturated carbocycles. The van der Waals surface area contributed by atoms with Crippen molar-refractivity contribution >= 4 is 28.2 Å². The minimum Gasteiger partial charge on any atom is -0.315 e. The number of hydrogen-bond donors (Lipinski definition) is 2. The number of sulfonamides is 1. The predicted octanol–water partition coefficient (Wildman–Crippen LogP) is 1.34. The molecule has 5 nitrogen and oxygen atoms in total. The summed E-state index contributed by atoms with van der Waals surface area (Å²) in [7, 11) is -3.56. The van der Waals surface area contributed by atoms with E-state index in [0.29, 0.717) is 12.1 Å². The van der Waals surface area contributed by atoms with Crippen LogP contribution in [-0.4, -0.2) is 33.3 Å². The van der Waals surface area contributed by atoms with E-state index in [-0.39, 0.29) is 29.1 Å². The highest BCUT2D eigenvalue weighted by Gasteiger charge is 2.22. The molecule has 0 bridgehead atoms. The van der Waals surface area contributed by atoms with E-state index < -0.39 is 10.0 Å². The van der Waals surface area contributed by atoms with Crippen LogP contribution in [0.5, 0.6) is 0 Å². The first-order chi connectivity index (χ1) is 8.99. The summed E-state index contributed by atoms with van der Waals surface area (Å²) in [5, 5.41) is 3.16. The third kappa shape index (κ3) is 4.28. The molecule has 0 aromatic heterocycles. The van der Waals surface area contributed by atoms with Crippen LogP contribution in [0.1, 0.15) is 30.1 Å². The molecule has 1 aliphatic heterocycles. The number of hydrogen-bond acceptors (Lipinski definition) is 4. The van der Waals surface area contributed by atoms with Gasteiger partial charge in [0.15, 0.2) is 5.78 Å². The molecule has 1 aliphatic rings. The van der Waals surface area contributed by atoms with Gasteiger partial charge in [-0.1, -0.05) is 12.1 Å². The summed E-state index contributed by atoms with van der Waals surface area (Å²) >= 11 is 0. The Kier molecular flexibility index (Phi) is 6.13. The summed E-state index contributed by atoms with van der Waals surface area (Å²) < 4.78 is 27.1. The van der Waals surface area contributed by atoms with Crippen molar-refractivity contribution in [3.63, 3.8) is 0 Å². The van der Waals surface area contributed by atoms with Gasteiger partial charge in [-0.05, 0) is 38.4 Å². The van der Waals surface area contributed by atoms with Crippen LogP contribution in [-0.2, 0) is 10.0 Å². The fourth-order valence-electron chi connectivity index (χ4n) is 2.12. The molecule has 0 radical (unpaired) electrons. The molecule has 1 aromatic rings. The highest BCUT2D eigenvalue weighted by atomic mass is 35.5. The molecule has 1 heterocycles. The average Bonchev–Trinajstić information content (AvgIpc) is 2.39. The van der Waals surface area contributed by atoms with Crippen LogP contribution in [0.3, 0.4) is 0 Å². The molecular weight excluding hydrogens is 300 g/mol. The van der Waals surface area contributed by atoms with Crippen molar-refractivity contribution in [1.82, 2.24) is 10.0 Å². The Balaban J connectivity index is 0.00000200. The number of piperidine rings is 1. The van der Waals surface area contributed by atoms with E-state index in [2.05, 4.69) is 10.0 Å². The molecule has 1 saturated heterocycles. The van der Waals surface area contributed by atoms with E-state index in [1.54, 1.807) is 12.1 Å². The SMILES string of the molecule is CC(=O)c1cccc(S(=O)(=O)N[C@@H]2CCCNC2)c1.Cl. The topological polar surface area (TPSA) is 75.3 Å². The van der Waals surface area contributed by atoms with E-state index in [1.165, 1.54) is 19.1 Å². The molecule has 20 heavy (non-hydrogen) atoms. The first-order valence-electron chi connectivity index (χ1n) is 6.33. The minimum atomic E-state index is -3.56. The number of Topliss-reactive ketones (excluding diaryl/α,β-unsaturated/α-hetero) is 1. The summed E-state index contributed by atoms with van der Waals surface area (Å²) in [6.07, 6.45) is 1.79. The lowest BCUT2D eigenvalue weighted by Gasteiger charge is -2.23. The highest BCUT2D eigenvalue weighted by molar-refractivity contribution is 7.89. The Morgan fingerprint density at radius 1 is 1.40 bits per heavy atom. The van der Waals surface area contributed by atoms with Crippen LogP contribution >= 0.6 is 12.4 Å². The summed E-state index contributed by atoms with van der Waals surface area (Å²) in [6, 6.07) is 6.04. The smallest absolute Gasteiger partial charge is 0.240 e. The lowest BCUT2D eigenvalue weighted by molar-refractivity contribution is 0.101. The van der Waals surface area contributed by atoms with Gasteiger partial charge in [-0.15, -0.1) is 12.4 Å². The molecule has 1 aromatic carbocycles. The first kappa shape index (κ1) is 17.1. The summed E-state index contributed by atoms with van der Waals surface area (Å²) in [5.74, 6) is -0.142. The Morgan fingerprint density at radius 3 is 2.75 bits per heavy atom. The van der Waals surface area contributed by atoms with Gasteiger partial charge in [-0.3, -0.25) is 4.79 Å². The third-order valence-corrected chi connectivity index (χ3v) is 4.69. The molecule has 112 valence electrons. The van der Waals surface area contributed by atoms with Gasteiger partial charge >= 0.3 is 0 Å². The van der Waals surface area contributed by atoms with Gasteiger partial charge in [0, 0.05) is 18.2 Å². The van der Waals surface area contributed by atoms with Crippen LogP contribution in [0.25, 0.3) is 0 Å². The van der Waals surface area contributed by atoms with Crippen LogP contribution in [0.15, 0.2) is 29.2 Å². The Labute approximate surface area is 125 Å². The molecule has 2 N–H and O–H groups in total. The molecule has 1 atom stereocenters. The Hall–Kier alpha value is -0.950. The normalized spacial score (nSPS) is 19.1. The number of benzene rings is 1. The van der Waals surface area contributed by atoms with Crippen LogP contribution < -0.4 is 10.0 Å². The Bertz CT molecular complexity index is 569. The van der Waals surface area contributed by atoms with Crippen molar-refractivity contribution in [3.05, 3.63) is 29.8 Å². The summed E-state index contributed by atoms with van der Waals surface area (Å²) in [6.45, 7) is 2.99. The van der Waals surface area contributed by atoms with Crippen molar-refractivity contribution in [2.24, 2.45) is 0 Å². The molecule has 2 rings (SSSR count). The zero-order chi connectivity index (χ0) is 13.9.